The molecule has 0 amide bonds. The van der Waals surface area contributed by atoms with E-state index in [4.69, 9.17) is 4.43 Å². The normalized spacial score (nSPS) is 11.3. The van der Waals surface area contributed by atoms with Gasteiger partial charge in [0, 0.05) is 0 Å². The van der Waals surface area contributed by atoms with Gasteiger partial charge < -0.3 is 4.43 Å². The summed E-state index contributed by atoms with van der Waals surface area (Å²) >= 11 is 0. The van der Waals surface area contributed by atoms with Crippen LogP contribution in [-0.2, 0) is 4.43 Å². The molecule has 0 atom stereocenters. The first kappa shape index (κ1) is 13.4. The van der Waals surface area contributed by atoms with E-state index in [9.17, 15) is 0 Å². The summed E-state index contributed by atoms with van der Waals surface area (Å²) in [6.45, 7) is 11.9. The van der Waals surface area contributed by atoms with Gasteiger partial charge in [0.15, 0.2) is 0 Å². The zero-order chi connectivity index (χ0) is 12.6. The SMILES string of the molecule is C=C[Si](C=C)(C=C)OC/C=C/c1ccccc1. The Kier molecular flexibility index (Phi) is 5.40. The highest BCUT2D eigenvalue weighted by molar-refractivity contribution is 6.87. The first-order valence-corrected chi connectivity index (χ1v) is 7.66. The molecule has 17 heavy (non-hydrogen) atoms. The molecule has 0 bridgehead atoms. The van der Waals surface area contributed by atoms with E-state index in [1.165, 1.54) is 5.56 Å². The zero-order valence-corrected chi connectivity index (χ0v) is 11.0. The number of hydrogen-bond donors (Lipinski definition) is 0. The second kappa shape index (κ2) is 6.84. The average molecular weight is 242 g/mol. The molecule has 0 aliphatic heterocycles. The maximum absolute atomic E-state index is 5.80. The van der Waals surface area contributed by atoms with Crippen molar-refractivity contribution in [2.45, 2.75) is 0 Å². The molecule has 88 valence electrons. The lowest BCUT2D eigenvalue weighted by atomic mass is 10.2. The first-order valence-electron chi connectivity index (χ1n) is 5.52. The van der Waals surface area contributed by atoms with E-state index < -0.39 is 8.32 Å². The fraction of sp³-hybridized carbons (Fsp3) is 0.0667. The molecule has 0 radical (unpaired) electrons. The average Bonchev–Trinajstić information content (AvgIpc) is 2.41. The molecule has 0 aliphatic rings. The third-order valence-corrected chi connectivity index (χ3v) is 5.08. The Hall–Kier alpha value is -1.64. The Bertz CT molecular complexity index is 384. The van der Waals surface area contributed by atoms with Crippen LogP contribution in [0, 0.1) is 0 Å². The molecule has 0 unspecified atom stereocenters. The smallest absolute Gasteiger partial charge is 0.265 e. The summed E-state index contributed by atoms with van der Waals surface area (Å²) in [5, 5.41) is 0. The molecule has 0 saturated heterocycles. The van der Waals surface area contributed by atoms with Gasteiger partial charge in [0.1, 0.15) is 0 Å². The summed E-state index contributed by atoms with van der Waals surface area (Å²) in [6.07, 6.45) is 4.03. The maximum atomic E-state index is 5.80. The quantitative estimate of drug-likeness (QED) is 0.660. The van der Waals surface area contributed by atoms with Gasteiger partial charge in [0.05, 0.1) is 6.61 Å². The van der Waals surface area contributed by atoms with Crippen molar-refractivity contribution in [2.24, 2.45) is 0 Å². The lowest BCUT2D eigenvalue weighted by Crippen LogP contribution is -2.31. The van der Waals surface area contributed by atoms with Crippen molar-refractivity contribution in [1.29, 1.82) is 0 Å². The molecule has 0 N–H and O–H groups in total. The van der Waals surface area contributed by atoms with Crippen LogP contribution in [0.15, 0.2) is 73.2 Å². The standard InChI is InChI=1S/C15H18OSi/c1-4-17(5-2,6-3)16-14-10-13-15-11-8-7-9-12-15/h4-13H,1-3,14H2/b13-10+. The largest absolute Gasteiger partial charge is 0.402 e. The molecular formula is C15H18OSi. The van der Waals surface area contributed by atoms with E-state index in [2.05, 4.69) is 31.9 Å². The Morgan fingerprint density at radius 1 is 1.00 bits per heavy atom. The van der Waals surface area contributed by atoms with Gasteiger partial charge >= 0.3 is 0 Å². The van der Waals surface area contributed by atoms with Crippen molar-refractivity contribution in [1.82, 2.24) is 0 Å². The van der Waals surface area contributed by atoms with Crippen molar-refractivity contribution < 1.29 is 4.43 Å². The van der Waals surface area contributed by atoms with E-state index >= 15 is 0 Å². The molecule has 0 spiro atoms. The molecule has 2 heteroatoms. The third-order valence-electron chi connectivity index (χ3n) is 2.50. The van der Waals surface area contributed by atoms with Gasteiger partial charge in [-0.1, -0.05) is 59.6 Å². The van der Waals surface area contributed by atoms with Gasteiger partial charge in [-0.2, -0.15) is 0 Å². The summed E-state index contributed by atoms with van der Waals surface area (Å²) < 4.78 is 5.80. The number of hydrogen-bond acceptors (Lipinski definition) is 1. The molecule has 0 aliphatic carbocycles. The van der Waals surface area contributed by atoms with Crippen molar-refractivity contribution in [2.75, 3.05) is 6.61 Å². The molecule has 0 heterocycles. The number of benzene rings is 1. The predicted octanol–water partition coefficient (Wildman–Crippen LogP) is 3.84. The molecule has 0 saturated carbocycles. The van der Waals surface area contributed by atoms with Crippen molar-refractivity contribution in [3.8, 4) is 0 Å². The highest BCUT2D eigenvalue weighted by Gasteiger charge is 2.22. The minimum Gasteiger partial charge on any atom is -0.402 e. The summed E-state index contributed by atoms with van der Waals surface area (Å²) in [5.41, 5.74) is 6.63. The van der Waals surface area contributed by atoms with Crippen LogP contribution in [0.4, 0.5) is 0 Å². The summed E-state index contributed by atoms with van der Waals surface area (Å²) in [6, 6.07) is 10.1. The van der Waals surface area contributed by atoms with Gasteiger partial charge in [0.2, 0.25) is 0 Å². The fourth-order valence-corrected chi connectivity index (χ4v) is 2.61. The van der Waals surface area contributed by atoms with Crippen molar-refractivity contribution in [3.05, 3.63) is 78.8 Å². The Balaban J connectivity index is 2.52. The van der Waals surface area contributed by atoms with Gasteiger partial charge in [-0.05, 0) is 5.56 Å². The van der Waals surface area contributed by atoms with Crippen LogP contribution in [0.25, 0.3) is 6.08 Å². The van der Waals surface area contributed by atoms with E-state index in [1.54, 1.807) is 0 Å². The maximum Gasteiger partial charge on any atom is 0.265 e. The highest BCUT2D eigenvalue weighted by Crippen LogP contribution is 2.09. The second-order valence-corrected chi connectivity index (χ2v) is 6.81. The fourth-order valence-electron chi connectivity index (χ4n) is 1.37. The molecule has 1 nitrogen and oxygen atoms in total. The lowest BCUT2D eigenvalue weighted by Gasteiger charge is -2.18. The van der Waals surface area contributed by atoms with Gasteiger partial charge in [-0.3, -0.25) is 0 Å². The highest BCUT2D eigenvalue weighted by atomic mass is 28.4. The zero-order valence-electron chi connectivity index (χ0n) is 10.0. The van der Waals surface area contributed by atoms with Crippen LogP contribution >= 0.6 is 0 Å². The van der Waals surface area contributed by atoms with Gasteiger partial charge in [0.25, 0.3) is 8.32 Å². The van der Waals surface area contributed by atoms with Crippen LogP contribution in [0.1, 0.15) is 5.56 Å². The van der Waals surface area contributed by atoms with Crippen LogP contribution in [0.5, 0.6) is 0 Å². The van der Waals surface area contributed by atoms with Crippen molar-refractivity contribution >= 4 is 14.4 Å². The summed E-state index contributed by atoms with van der Waals surface area (Å²) in [4.78, 5) is 0. The molecule has 0 aromatic heterocycles. The topological polar surface area (TPSA) is 9.23 Å². The van der Waals surface area contributed by atoms with Crippen LogP contribution < -0.4 is 0 Å². The van der Waals surface area contributed by atoms with E-state index in [1.807, 2.05) is 47.4 Å². The monoisotopic (exact) mass is 242 g/mol. The van der Waals surface area contributed by atoms with Crippen LogP contribution in [-0.4, -0.2) is 14.9 Å². The van der Waals surface area contributed by atoms with Crippen LogP contribution in [0.3, 0.4) is 0 Å². The Morgan fingerprint density at radius 2 is 1.59 bits per heavy atom. The predicted molar refractivity (Wildman–Crippen MR) is 77.8 cm³/mol. The Morgan fingerprint density at radius 3 is 2.12 bits per heavy atom. The lowest BCUT2D eigenvalue weighted by molar-refractivity contribution is 0.370. The van der Waals surface area contributed by atoms with Gasteiger partial charge in [-0.25, -0.2) is 0 Å². The van der Waals surface area contributed by atoms with Crippen molar-refractivity contribution in [3.63, 3.8) is 0 Å². The van der Waals surface area contributed by atoms with E-state index in [-0.39, 0.29) is 0 Å². The van der Waals surface area contributed by atoms with Crippen LogP contribution in [0.2, 0.25) is 0 Å². The minimum atomic E-state index is -2.12. The third kappa shape index (κ3) is 4.02. The molecule has 1 aromatic carbocycles. The minimum absolute atomic E-state index is 0.547. The molecular weight excluding hydrogens is 224 g/mol. The Labute approximate surface area is 105 Å². The number of rotatable bonds is 7. The van der Waals surface area contributed by atoms with E-state index in [0.717, 1.165) is 0 Å². The van der Waals surface area contributed by atoms with Gasteiger partial charge in [-0.15, -0.1) is 19.7 Å². The second-order valence-electron chi connectivity index (χ2n) is 3.59. The van der Waals surface area contributed by atoms with E-state index in [0.29, 0.717) is 6.61 Å². The first-order chi connectivity index (χ1) is 8.26. The summed E-state index contributed by atoms with van der Waals surface area (Å²) in [5.74, 6) is 0. The summed E-state index contributed by atoms with van der Waals surface area (Å²) in [7, 11) is -2.12. The molecule has 1 rings (SSSR count). The molecule has 0 fully saturated rings. The molecule has 1 aromatic rings.